The van der Waals surface area contributed by atoms with Crippen LogP contribution in [0.4, 0.5) is 0 Å². The van der Waals surface area contributed by atoms with E-state index in [1.165, 1.54) is 19.3 Å². The molecule has 1 heterocycles. The van der Waals surface area contributed by atoms with Crippen molar-refractivity contribution in [1.82, 2.24) is 10.2 Å². The molecule has 0 aromatic heterocycles. The van der Waals surface area contributed by atoms with E-state index in [9.17, 15) is 9.59 Å². The number of carboxylic acid groups (broad SMARTS) is 1. The Kier molecular flexibility index (Phi) is 7.90. The van der Waals surface area contributed by atoms with Gasteiger partial charge in [-0.1, -0.05) is 6.42 Å². The summed E-state index contributed by atoms with van der Waals surface area (Å²) in [6.07, 6.45) is 6.48. The van der Waals surface area contributed by atoms with Gasteiger partial charge < -0.3 is 15.3 Å². The van der Waals surface area contributed by atoms with E-state index in [0.717, 1.165) is 25.4 Å². The molecule has 0 bridgehead atoms. The van der Waals surface area contributed by atoms with Crippen molar-refractivity contribution in [2.45, 2.75) is 38.1 Å². The maximum Gasteiger partial charge on any atom is 0.326 e. The van der Waals surface area contributed by atoms with Crippen LogP contribution in [0.15, 0.2) is 0 Å². The van der Waals surface area contributed by atoms with Gasteiger partial charge in [-0.2, -0.15) is 11.8 Å². The average Bonchev–Trinajstić information content (AvgIpc) is 2.42. The van der Waals surface area contributed by atoms with Gasteiger partial charge in [0.15, 0.2) is 0 Å². The fourth-order valence-corrected chi connectivity index (χ4v) is 2.67. The second-order valence-electron chi connectivity index (χ2n) is 4.89. The van der Waals surface area contributed by atoms with Gasteiger partial charge in [0, 0.05) is 13.0 Å². The predicted molar refractivity (Wildman–Crippen MR) is 77.5 cm³/mol. The molecular weight excluding hydrogens is 264 g/mol. The number of nitrogens with zero attached hydrogens (tertiary/aromatic N) is 1. The van der Waals surface area contributed by atoms with E-state index in [1.807, 2.05) is 6.26 Å². The summed E-state index contributed by atoms with van der Waals surface area (Å²) >= 11 is 1.59. The largest absolute Gasteiger partial charge is 0.480 e. The van der Waals surface area contributed by atoms with Gasteiger partial charge in [0.05, 0.1) is 0 Å². The summed E-state index contributed by atoms with van der Waals surface area (Å²) in [5, 5.41) is 11.6. The molecule has 5 nitrogen and oxygen atoms in total. The van der Waals surface area contributed by atoms with Gasteiger partial charge in [0.25, 0.3) is 0 Å². The minimum Gasteiger partial charge on any atom is -0.480 e. The van der Waals surface area contributed by atoms with Crippen molar-refractivity contribution in [3.05, 3.63) is 0 Å². The van der Waals surface area contributed by atoms with Crippen LogP contribution in [-0.2, 0) is 9.59 Å². The van der Waals surface area contributed by atoms with E-state index in [1.54, 1.807) is 11.8 Å². The molecule has 110 valence electrons. The molecular formula is C13H24N2O3S. The van der Waals surface area contributed by atoms with E-state index in [-0.39, 0.29) is 5.91 Å². The number of hydrogen-bond donors (Lipinski definition) is 2. The van der Waals surface area contributed by atoms with Crippen LogP contribution in [0.5, 0.6) is 0 Å². The smallest absolute Gasteiger partial charge is 0.326 e. The number of rotatable bonds is 8. The number of aliphatic carboxylic acids is 1. The molecule has 0 saturated carbocycles. The first-order valence-electron chi connectivity index (χ1n) is 6.87. The van der Waals surface area contributed by atoms with Crippen LogP contribution in [0.2, 0.25) is 0 Å². The monoisotopic (exact) mass is 288 g/mol. The summed E-state index contributed by atoms with van der Waals surface area (Å²) in [6, 6.07) is -0.749. The zero-order valence-corrected chi connectivity index (χ0v) is 12.4. The molecule has 6 heteroatoms. The second-order valence-corrected chi connectivity index (χ2v) is 5.88. The zero-order valence-electron chi connectivity index (χ0n) is 11.6. The highest BCUT2D eigenvalue weighted by molar-refractivity contribution is 7.98. The van der Waals surface area contributed by atoms with Crippen LogP contribution < -0.4 is 5.32 Å². The summed E-state index contributed by atoms with van der Waals surface area (Å²) in [7, 11) is 0. The van der Waals surface area contributed by atoms with E-state index in [2.05, 4.69) is 10.2 Å². The summed E-state index contributed by atoms with van der Waals surface area (Å²) in [5.74, 6) is -0.358. The van der Waals surface area contributed by atoms with Gasteiger partial charge in [-0.15, -0.1) is 0 Å². The lowest BCUT2D eigenvalue weighted by Gasteiger charge is -2.26. The summed E-state index contributed by atoms with van der Waals surface area (Å²) in [5.41, 5.74) is 0. The Bertz CT molecular complexity index is 294. The Morgan fingerprint density at radius 1 is 1.32 bits per heavy atom. The lowest BCUT2D eigenvalue weighted by atomic mass is 10.1. The highest BCUT2D eigenvalue weighted by atomic mass is 32.2. The van der Waals surface area contributed by atoms with E-state index in [4.69, 9.17) is 5.11 Å². The van der Waals surface area contributed by atoms with Crippen molar-refractivity contribution >= 4 is 23.6 Å². The number of thioether (sulfide) groups is 1. The summed E-state index contributed by atoms with van der Waals surface area (Å²) in [4.78, 5) is 25.0. The molecule has 0 aliphatic carbocycles. The normalized spacial score (nSPS) is 17.9. The molecule has 19 heavy (non-hydrogen) atoms. The van der Waals surface area contributed by atoms with E-state index >= 15 is 0 Å². The highest BCUT2D eigenvalue weighted by Gasteiger charge is 2.19. The fraction of sp³-hybridized carbons (Fsp3) is 0.846. The van der Waals surface area contributed by atoms with Gasteiger partial charge in [-0.25, -0.2) is 4.79 Å². The van der Waals surface area contributed by atoms with Crippen LogP contribution in [0.25, 0.3) is 0 Å². The average molecular weight is 288 g/mol. The zero-order chi connectivity index (χ0) is 14.1. The van der Waals surface area contributed by atoms with Crippen molar-refractivity contribution < 1.29 is 14.7 Å². The van der Waals surface area contributed by atoms with E-state index in [0.29, 0.717) is 12.8 Å². The fourth-order valence-electron chi connectivity index (χ4n) is 2.20. The Morgan fingerprint density at radius 2 is 2.00 bits per heavy atom. The quantitative estimate of drug-likeness (QED) is 0.702. The lowest BCUT2D eigenvalue weighted by molar-refractivity contribution is -0.141. The van der Waals surface area contributed by atoms with Crippen LogP contribution in [0, 0.1) is 0 Å². The van der Waals surface area contributed by atoms with Crippen LogP contribution in [0.3, 0.4) is 0 Å². The molecule has 1 amide bonds. The van der Waals surface area contributed by atoms with Crippen molar-refractivity contribution in [2.24, 2.45) is 0 Å². The lowest BCUT2D eigenvalue weighted by Crippen LogP contribution is -2.42. The Morgan fingerprint density at radius 3 is 2.58 bits per heavy atom. The van der Waals surface area contributed by atoms with Crippen LogP contribution in [-0.4, -0.2) is 59.6 Å². The highest BCUT2D eigenvalue weighted by Crippen LogP contribution is 2.08. The Hall–Kier alpha value is -0.750. The number of hydrogen-bond acceptors (Lipinski definition) is 4. The second kappa shape index (κ2) is 9.20. The summed E-state index contributed by atoms with van der Waals surface area (Å²) < 4.78 is 0. The molecule has 1 atom stereocenters. The Balaban J connectivity index is 2.25. The van der Waals surface area contributed by atoms with Gasteiger partial charge in [-0.3, -0.25) is 4.79 Å². The van der Waals surface area contributed by atoms with Crippen molar-refractivity contribution in [1.29, 1.82) is 0 Å². The number of carbonyl (C=O) groups excluding carboxylic acids is 1. The summed E-state index contributed by atoms with van der Waals surface area (Å²) in [6.45, 7) is 2.85. The predicted octanol–water partition coefficient (Wildman–Crippen LogP) is 1.18. The van der Waals surface area contributed by atoms with Crippen LogP contribution in [0.1, 0.15) is 32.1 Å². The number of likely N-dealkylation sites (tertiary alicyclic amines) is 1. The maximum absolute atomic E-state index is 11.8. The minimum atomic E-state index is -0.944. The van der Waals surface area contributed by atoms with Gasteiger partial charge >= 0.3 is 5.97 Å². The molecule has 0 spiro atoms. The molecule has 1 aliphatic rings. The third-order valence-corrected chi connectivity index (χ3v) is 3.99. The van der Waals surface area contributed by atoms with Gasteiger partial charge in [-0.05, 0) is 44.4 Å². The minimum absolute atomic E-state index is 0.154. The molecule has 1 unspecified atom stereocenters. The molecule has 1 saturated heterocycles. The molecule has 0 radical (unpaired) electrons. The molecule has 0 aromatic rings. The topological polar surface area (TPSA) is 69.6 Å². The standard InChI is InChI=1S/C13H24N2O3S/c1-19-10-6-11(13(17)18)14-12(16)5-9-15-7-3-2-4-8-15/h11H,2-10H2,1H3,(H,14,16)(H,17,18). The molecule has 1 fully saturated rings. The first-order valence-corrected chi connectivity index (χ1v) is 8.26. The first kappa shape index (κ1) is 16.3. The SMILES string of the molecule is CSCCC(NC(=O)CCN1CCCCC1)C(=O)O. The van der Waals surface area contributed by atoms with Crippen LogP contribution >= 0.6 is 11.8 Å². The molecule has 1 rings (SSSR count). The third-order valence-electron chi connectivity index (χ3n) is 3.35. The first-order chi connectivity index (χ1) is 9.13. The van der Waals surface area contributed by atoms with E-state index < -0.39 is 12.0 Å². The van der Waals surface area contributed by atoms with Gasteiger partial charge in [0.1, 0.15) is 6.04 Å². The number of amides is 1. The molecule has 2 N–H and O–H groups in total. The number of carbonyl (C=O) groups is 2. The van der Waals surface area contributed by atoms with Gasteiger partial charge in [0.2, 0.25) is 5.91 Å². The maximum atomic E-state index is 11.8. The van der Waals surface area contributed by atoms with Crippen molar-refractivity contribution in [2.75, 3.05) is 31.6 Å². The number of piperidine rings is 1. The molecule has 0 aromatic carbocycles. The Labute approximate surface area is 119 Å². The molecule has 1 aliphatic heterocycles. The number of nitrogens with one attached hydrogen (secondary N) is 1. The van der Waals surface area contributed by atoms with Crippen molar-refractivity contribution in [3.63, 3.8) is 0 Å². The third kappa shape index (κ3) is 6.82. The van der Waals surface area contributed by atoms with Crippen molar-refractivity contribution in [3.8, 4) is 0 Å². The number of carboxylic acids is 1.